The maximum Gasteiger partial charge on any atom is 0.132 e. The lowest BCUT2D eigenvalue weighted by Gasteiger charge is -2.23. The van der Waals surface area contributed by atoms with Crippen molar-refractivity contribution in [2.24, 2.45) is 9.98 Å². The molecule has 4 heteroatoms. The van der Waals surface area contributed by atoms with Gasteiger partial charge < -0.3 is 10.2 Å². The van der Waals surface area contributed by atoms with Crippen LogP contribution in [0, 0.1) is 0 Å². The molecule has 0 saturated carbocycles. The molecule has 0 aromatic heterocycles. The molecular formula is C68H48N2O2. The molecule has 4 nitrogen and oxygen atoms in total. The largest absolute Gasteiger partial charge is 0.507 e. The minimum Gasteiger partial charge on any atom is -0.507 e. The van der Waals surface area contributed by atoms with Crippen LogP contribution in [0.1, 0.15) is 34.3 Å². The van der Waals surface area contributed by atoms with Crippen molar-refractivity contribution in [2.75, 3.05) is 0 Å². The molecule has 2 atom stereocenters. The summed E-state index contributed by atoms with van der Waals surface area (Å²) in [6.07, 6.45) is 3.64. The Balaban J connectivity index is 1.04. The average molecular weight is 925 g/mol. The van der Waals surface area contributed by atoms with E-state index in [4.69, 9.17) is 9.98 Å². The van der Waals surface area contributed by atoms with Gasteiger partial charge in [-0.15, -0.1) is 0 Å². The number of nitrogens with zero attached hydrogens (tertiary/aromatic N) is 2. The summed E-state index contributed by atoms with van der Waals surface area (Å²) in [5.74, 6) is 0.295. The van der Waals surface area contributed by atoms with E-state index in [9.17, 15) is 10.2 Å². The fraction of sp³-hybridized carbons (Fsp3) is 0.0294. The van der Waals surface area contributed by atoms with Crippen molar-refractivity contribution in [3.63, 3.8) is 0 Å². The van der Waals surface area contributed by atoms with Crippen molar-refractivity contribution >= 4 is 55.5 Å². The molecule has 12 aromatic carbocycles. The minimum absolute atomic E-state index is 0.148. The summed E-state index contributed by atoms with van der Waals surface area (Å²) in [5.41, 5.74) is 10.7. The zero-order valence-electron chi connectivity index (χ0n) is 39.3. The Morgan fingerprint density at radius 1 is 0.292 bits per heavy atom. The molecule has 0 spiro atoms. The van der Waals surface area contributed by atoms with Gasteiger partial charge in [-0.05, 0) is 88.6 Å². The monoisotopic (exact) mass is 924 g/mol. The number of fused-ring (bicyclic) bond motifs is 4. The first-order chi connectivity index (χ1) is 35.6. The highest BCUT2D eigenvalue weighted by Crippen LogP contribution is 2.49. The lowest BCUT2D eigenvalue weighted by molar-refractivity contribution is 0.476. The van der Waals surface area contributed by atoms with Crippen LogP contribution in [0.5, 0.6) is 11.5 Å². The van der Waals surface area contributed by atoms with Crippen LogP contribution in [0.3, 0.4) is 0 Å². The van der Waals surface area contributed by atoms with E-state index < -0.39 is 12.1 Å². The quantitative estimate of drug-likeness (QED) is 0.127. The number of phenolic OH excluding ortho intramolecular Hbond substituents is 2. The third-order valence-corrected chi connectivity index (χ3v) is 14.0. The van der Waals surface area contributed by atoms with Gasteiger partial charge in [-0.3, -0.25) is 9.98 Å². The van der Waals surface area contributed by atoms with Crippen molar-refractivity contribution in [3.8, 4) is 56.0 Å². The molecule has 1 unspecified atom stereocenters. The summed E-state index contributed by atoms with van der Waals surface area (Å²) in [6.45, 7) is 0. The first-order valence-electron chi connectivity index (χ1n) is 24.4. The van der Waals surface area contributed by atoms with Crippen molar-refractivity contribution in [3.05, 3.63) is 277 Å². The molecule has 0 heterocycles. The van der Waals surface area contributed by atoms with Gasteiger partial charge in [-0.25, -0.2) is 0 Å². The second-order valence-electron chi connectivity index (χ2n) is 18.2. The van der Waals surface area contributed by atoms with Crippen LogP contribution in [0.25, 0.3) is 87.6 Å². The molecule has 0 aliphatic heterocycles. The van der Waals surface area contributed by atoms with Crippen LogP contribution in [-0.4, -0.2) is 22.6 Å². The lowest BCUT2D eigenvalue weighted by Crippen LogP contribution is -2.09. The third kappa shape index (κ3) is 8.15. The average Bonchev–Trinajstić information content (AvgIpc) is 3.44. The highest BCUT2D eigenvalue weighted by molar-refractivity contribution is 6.16. The normalized spacial score (nSPS) is 12.6. The summed E-state index contributed by atoms with van der Waals surface area (Å²) >= 11 is 0. The molecule has 0 amide bonds. The number of phenols is 2. The fourth-order valence-electron chi connectivity index (χ4n) is 10.5. The van der Waals surface area contributed by atoms with Crippen molar-refractivity contribution in [2.45, 2.75) is 12.1 Å². The van der Waals surface area contributed by atoms with Crippen molar-refractivity contribution in [1.29, 1.82) is 0 Å². The van der Waals surface area contributed by atoms with Gasteiger partial charge in [0.15, 0.2) is 0 Å². The standard InChI is InChI=1S/C68H48N2O2/c71-67-53(41-51-31-15-19-35-57(51)63(67)61-55-33-17-13-25-47(55)37-39-59(61)45-21-5-1-6-22-45)43-69-65(49-27-9-3-10-28-49)66(50-29-11-4-12-30-50)70-44-54-42-52-32-16-20-36-58(52)64(68(54)72)62-56-34-18-14-26-48(56)38-40-60(62)46-23-7-2-8-24-46/h1-44,65-66,71-72H/t65-,66?/m0/s1. The zero-order chi connectivity index (χ0) is 48.4. The molecule has 0 aliphatic carbocycles. The summed E-state index contributed by atoms with van der Waals surface area (Å²) in [5, 5.41) is 33.7. The Hall–Kier alpha value is -9.38. The zero-order valence-corrected chi connectivity index (χ0v) is 39.3. The molecule has 2 N–H and O–H groups in total. The Kier molecular flexibility index (Phi) is 11.7. The first-order valence-corrected chi connectivity index (χ1v) is 24.4. The topological polar surface area (TPSA) is 65.2 Å². The number of aliphatic imine (C=N–C) groups is 2. The fourth-order valence-corrected chi connectivity index (χ4v) is 10.5. The molecule has 0 bridgehead atoms. The van der Waals surface area contributed by atoms with Gasteiger partial charge in [-0.1, -0.05) is 243 Å². The van der Waals surface area contributed by atoms with E-state index in [1.54, 1.807) is 0 Å². The van der Waals surface area contributed by atoms with Crippen molar-refractivity contribution in [1.82, 2.24) is 0 Å². The smallest absolute Gasteiger partial charge is 0.132 e. The van der Waals surface area contributed by atoms with E-state index in [0.29, 0.717) is 11.1 Å². The van der Waals surface area contributed by atoms with Crippen LogP contribution in [-0.2, 0) is 0 Å². The van der Waals surface area contributed by atoms with Crippen LogP contribution in [0.15, 0.2) is 265 Å². The van der Waals surface area contributed by atoms with Gasteiger partial charge in [0.25, 0.3) is 0 Å². The lowest BCUT2D eigenvalue weighted by atomic mass is 9.86. The second-order valence-corrected chi connectivity index (χ2v) is 18.2. The van der Waals surface area contributed by atoms with Crippen LogP contribution in [0.2, 0.25) is 0 Å². The van der Waals surface area contributed by atoms with Gasteiger partial charge in [-0.2, -0.15) is 0 Å². The van der Waals surface area contributed by atoms with Gasteiger partial charge in [0, 0.05) is 45.8 Å². The number of rotatable bonds is 11. The Morgan fingerprint density at radius 2 is 0.597 bits per heavy atom. The Morgan fingerprint density at radius 3 is 0.972 bits per heavy atom. The summed E-state index contributed by atoms with van der Waals surface area (Å²) in [4.78, 5) is 10.9. The Labute approximate surface area is 418 Å². The summed E-state index contributed by atoms with van der Waals surface area (Å²) in [6, 6.07) is 86.1. The van der Waals surface area contributed by atoms with E-state index in [-0.39, 0.29) is 11.5 Å². The summed E-state index contributed by atoms with van der Waals surface area (Å²) < 4.78 is 0. The molecule has 12 aromatic rings. The van der Waals surface area contributed by atoms with Gasteiger partial charge in [0.2, 0.25) is 0 Å². The van der Waals surface area contributed by atoms with E-state index in [1.165, 1.54) is 0 Å². The molecule has 0 fully saturated rings. The predicted octanol–water partition coefficient (Wildman–Crippen LogP) is 17.4. The Bertz CT molecular complexity index is 3740. The molecule has 72 heavy (non-hydrogen) atoms. The molecule has 342 valence electrons. The number of benzene rings is 12. The third-order valence-electron chi connectivity index (χ3n) is 14.0. The van der Waals surface area contributed by atoms with Gasteiger partial charge in [0.05, 0.1) is 0 Å². The first kappa shape index (κ1) is 43.9. The van der Waals surface area contributed by atoms with E-state index >= 15 is 0 Å². The predicted molar refractivity (Wildman–Crippen MR) is 302 cm³/mol. The molecule has 0 radical (unpaired) electrons. The van der Waals surface area contributed by atoms with Crippen LogP contribution < -0.4 is 0 Å². The minimum atomic E-state index is -0.540. The van der Waals surface area contributed by atoms with Crippen molar-refractivity contribution < 1.29 is 10.2 Å². The maximum atomic E-state index is 12.8. The molecular weight excluding hydrogens is 877 g/mol. The van der Waals surface area contributed by atoms with E-state index in [1.807, 2.05) is 97.4 Å². The summed E-state index contributed by atoms with van der Waals surface area (Å²) in [7, 11) is 0. The number of aromatic hydroxyl groups is 2. The van der Waals surface area contributed by atoms with E-state index in [2.05, 4.69) is 170 Å². The molecule has 0 saturated heterocycles. The highest BCUT2D eigenvalue weighted by atomic mass is 16.3. The van der Waals surface area contributed by atoms with Crippen LogP contribution >= 0.6 is 0 Å². The van der Waals surface area contributed by atoms with E-state index in [0.717, 1.165) is 98.7 Å². The SMILES string of the molecule is Oc1c(C=NC(c2ccccc2)[C@@H](N=Cc2cc3ccccc3c(-c3c(-c4ccccc4)ccc4ccccc34)c2O)c2ccccc2)cc2ccccc2c1-c1c(-c2ccccc2)ccc2ccccc12. The van der Waals surface area contributed by atoms with Gasteiger partial charge in [0.1, 0.15) is 23.6 Å². The molecule has 12 rings (SSSR count). The maximum absolute atomic E-state index is 12.8. The van der Waals surface area contributed by atoms with Gasteiger partial charge >= 0.3 is 0 Å². The number of hydrogen-bond donors (Lipinski definition) is 2. The molecule has 0 aliphatic rings. The highest BCUT2D eigenvalue weighted by Gasteiger charge is 2.26. The second kappa shape index (κ2) is 19.2. The van der Waals surface area contributed by atoms with Crippen LogP contribution in [0.4, 0.5) is 0 Å². The number of hydrogen-bond acceptors (Lipinski definition) is 4.